The molecule has 188 valence electrons. The van der Waals surface area contributed by atoms with E-state index >= 15 is 0 Å². The van der Waals surface area contributed by atoms with Gasteiger partial charge >= 0.3 is 12.1 Å². The Bertz CT molecular complexity index is 649. The number of carbonyl (C=O) groups excluding carboxylic acids is 2. The number of nitrogens with one attached hydrogen (secondary N) is 1. The summed E-state index contributed by atoms with van der Waals surface area (Å²) in [6.45, 7) is -0.0393. The molecular weight excluding hydrogens is 446 g/mol. The van der Waals surface area contributed by atoms with E-state index in [-0.39, 0.29) is 46.1 Å². The van der Waals surface area contributed by atoms with Gasteiger partial charge in [-0.25, -0.2) is 14.4 Å². The summed E-state index contributed by atoms with van der Waals surface area (Å²) in [4.78, 5) is 33.2. The van der Waals surface area contributed by atoms with Gasteiger partial charge in [0.15, 0.2) is 0 Å². The summed E-state index contributed by atoms with van der Waals surface area (Å²) >= 11 is 0. The minimum Gasteiger partial charge on any atom is -0.462 e. The zero-order valence-corrected chi connectivity index (χ0v) is 18.1. The van der Waals surface area contributed by atoms with Crippen LogP contribution in [0, 0.1) is 0 Å². The van der Waals surface area contributed by atoms with Gasteiger partial charge < -0.3 is 19.5 Å². The fraction of sp³-hybridized carbons (Fsp3) is 0.579. The Balaban J connectivity index is 2.39. The third kappa shape index (κ3) is 15.9. The first-order valence-corrected chi connectivity index (χ1v) is 10.2. The van der Waals surface area contributed by atoms with E-state index in [1.807, 2.05) is 30.3 Å². The molecule has 5 N–H and O–H groups in total. The molecule has 0 aromatic heterocycles. The smallest absolute Gasteiger partial charge is 0.407 e. The highest BCUT2D eigenvalue weighted by Crippen LogP contribution is 2.07. The molecule has 0 radical (unpaired) electrons. The number of rotatable bonds is 18. The van der Waals surface area contributed by atoms with Crippen LogP contribution in [0.15, 0.2) is 30.3 Å². The summed E-state index contributed by atoms with van der Waals surface area (Å²) in [5.41, 5.74) is 0.984. The molecule has 14 nitrogen and oxygen atoms in total. The van der Waals surface area contributed by atoms with Crippen molar-refractivity contribution in [2.75, 3.05) is 39.6 Å². The summed E-state index contributed by atoms with van der Waals surface area (Å²) in [6, 6.07) is 8.47. The number of esters is 1. The topological polar surface area (TPSA) is 180 Å². The number of unbranched alkanes of at least 4 members (excludes halogenated alkanes) is 1. The number of ether oxygens (including phenoxy) is 3. The minimum absolute atomic E-state index is 0.0243. The molecule has 14 heteroatoms. The SMILES string of the molecule is O=C(NC(CCc1ccccc1)C(=O)OCCOCCON(O)O)OCCCCON(O)O. The second-order valence-electron chi connectivity index (χ2n) is 6.52. The molecule has 0 spiro atoms. The first-order chi connectivity index (χ1) is 15.9. The van der Waals surface area contributed by atoms with Crippen LogP contribution in [0.25, 0.3) is 0 Å². The number of nitrogens with zero attached hydrogens (tertiary/aromatic N) is 2. The highest BCUT2D eigenvalue weighted by atomic mass is 17.1. The summed E-state index contributed by atoms with van der Waals surface area (Å²) in [5, 5.41) is 35.2. The molecule has 0 aliphatic heterocycles. The van der Waals surface area contributed by atoms with Crippen LogP contribution in [0.3, 0.4) is 0 Å². The Morgan fingerprint density at radius 3 is 2.15 bits per heavy atom. The number of hydrogen-bond donors (Lipinski definition) is 5. The van der Waals surface area contributed by atoms with Gasteiger partial charge in [0.25, 0.3) is 0 Å². The number of hydrogen-bond acceptors (Lipinski definition) is 13. The van der Waals surface area contributed by atoms with Gasteiger partial charge in [0.2, 0.25) is 0 Å². The summed E-state index contributed by atoms with van der Waals surface area (Å²) in [6.07, 6.45) is 0.828. The number of amides is 1. The molecule has 33 heavy (non-hydrogen) atoms. The fourth-order valence-electron chi connectivity index (χ4n) is 2.49. The summed E-state index contributed by atoms with van der Waals surface area (Å²) < 4.78 is 15.3. The molecule has 0 aliphatic rings. The summed E-state index contributed by atoms with van der Waals surface area (Å²) in [7, 11) is 0. The van der Waals surface area contributed by atoms with E-state index in [0.29, 0.717) is 19.3 Å². The third-order valence-electron chi connectivity index (χ3n) is 4.03. The van der Waals surface area contributed by atoms with Crippen molar-refractivity contribution in [1.82, 2.24) is 16.1 Å². The Morgan fingerprint density at radius 2 is 1.45 bits per heavy atom. The maximum atomic E-state index is 12.4. The normalized spacial score (nSPS) is 12.1. The largest absolute Gasteiger partial charge is 0.462 e. The van der Waals surface area contributed by atoms with Crippen LogP contribution in [0.5, 0.6) is 0 Å². The van der Waals surface area contributed by atoms with Crippen molar-refractivity contribution in [3.05, 3.63) is 35.9 Å². The predicted molar refractivity (Wildman–Crippen MR) is 107 cm³/mol. The van der Waals surface area contributed by atoms with Gasteiger partial charge in [0.1, 0.15) is 12.6 Å². The van der Waals surface area contributed by atoms with Crippen molar-refractivity contribution >= 4 is 12.1 Å². The first-order valence-electron chi connectivity index (χ1n) is 10.2. The third-order valence-corrected chi connectivity index (χ3v) is 4.03. The number of alkyl carbamates (subject to hydrolysis) is 1. The molecular formula is C19H31N3O11. The average Bonchev–Trinajstić information content (AvgIpc) is 2.78. The van der Waals surface area contributed by atoms with E-state index in [2.05, 4.69) is 15.0 Å². The lowest BCUT2D eigenvalue weighted by molar-refractivity contribution is -0.493. The highest BCUT2D eigenvalue weighted by molar-refractivity contribution is 5.81. The molecule has 1 aromatic carbocycles. The Morgan fingerprint density at radius 1 is 0.818 bits per heavy atom. The van der Waals surface area contributed by atoms with Crippen LogP contribution in [0.1, 0.15) is 24.8 Å². The van der Waals surface area contributed by atoms with Crippen LogP contribution in [0.4, 0.5) is 4.79 Å². The van der Waals surface area contributed by atoms with E-state index in [1.54, 1.807) is 0 Å². The van der Waals surface area contributed by atoms with Gasteiger partial charge in [-0.15, -0.1) is 0 Å². The van der Waals surface area contributed by atoms with E-state index in [9.17, 15) is 9.59 Å². The standard InChI is InChI=1S/C19H31N3O11/c23-18(30-14-12-29-13-15-33-22(27)28)17(9-8-16-6-2-1-3-7-16)20-19(24)31-10-4-5-11-32-21(25)26/h1-3,6-7,17,25-28H,4-5,8-15H2,(H,20,24). The van der Waals surface area contributed by atoms with Crippen LogP contribution < -0.4 is 5.32 Å². The molecule has 1 aromatic rings. The molecule has 0 saturated heterocycles. The second kappa shape index (κ2) is 18.1. The zero-order valence-electron chi connectivity index (χ0n) is 18.1. The van der Waals surface area contributed by atoms with E-state index in [4.69, 9.17) is 35.0 Å². The molecule has 0 saturated carbocycles. The lowest BCUT2D eigenvalue weighted by Crippen LogP contribution is -2.43. The van der Waals surface area contributed by atoms with Crippen LogP contribution >= 0.6 is 0 Å². The Kier molecular flexibility index (Phi) is 15.7. The van der Waals surface area contributed by atoms with Crippen molar-refractivity contribution in [2.45, 2.75) is 31.7 Å². The number of aryl methyl sites for hydroxylation is 1. The van der Waals surface area contributed by atoms with E-state index in [0.717, 1.165) is 5.56 Å². The van der Waals surface area contributed by atoms with Crippen LogP contribution in [0.2, 0.25) is 0 Å². The molecule has 0 aliphatic carbocycles. The Labute approximate surface area is 190 Å². The number of benzene rings is 1. The molecule has 1 amide bonds. The molecule has 0 fully saturated rings. The lowest BCUT2D eigenvalue weighted by Gasteiger charge is -2.18. The molecule has 0 heterocycles. The molecule has 0 bridgehead atoms. The van der Waals surface area contributed by atoms with Crippen molar-refractivity contribution < 1.29 is 54.3 Å². The van der Waals surface area contributed by atoms with Gasteiger partial charge in [-0.1, -0.05) is 30.3 Å². The monoisotopic (exact) mass is 477 g/mol. The quantitative estimate of drug-likeness (QED) is 0.115. The van der Waals surface area contributed by atoms with Crippen LogP contribution in [-0.4, -0.2) is 89.4 Å². The van der Waals surface area contributed by atoms with Crippen molar-refractivity contribution in [3.8, 4) is 0 Å². The first kappa shape index (κ1) is 28.6. The highest BCUT2D eigenvalue weighted by Gasteiger charge is 2.23. The molecule has 1 rings (SSSR count). The van der Waals surface area contributed by atoms with Crippen molar-refractivity contribution in [3.63, 3.8) is 0 Å². The van der Waals surface area contributed by atoms with E-state index in [1.165, 1.54) is 0 Å². The van der Waals surface area contributed by atoms with Crippen LogP contribution in [-0.2, 0) is 35.1 Å². The van der Waals surface area contributed by atoms with Gasteiger partial charge in [0.05, 0.1) is 43.8 Å². The maximum Gasteiger partial charge on any atom is 0.407 e. The van der Waals surface area contributed by atoms with Gasteiger partial charge in [-0.2, -0.15) is 0 Å². The van der Waals surface area contributed by atoms with Gasteiger partial charge in [-0.3, -0.25) is 25.7 Å². The average molecular weight is 477 g/mol. The number of carbonyl (C=O) groups is 2. The molecule has 1 unspecified atom stereocenters. The molecule has 1 atom stereocenters. The van der Waals surface area contributed by atoms with E-state index < -0.39 is 28.9 Å². The fourth-order valence-corrected chi connectivity index (χ4v) is 2.49. The Hall–Kier alpha value is -2.40. The predicted octanol–water partition coefficient (Wildman–Crippen LogP) is 1.08. The second-order valence-corrected chi connectivity index (χ2v) is 6.52. The summed E-state index contributed by atoms with van der Waals surface area (Å²) in [5.74, 6) is -0.654. The van der Waals surface area contributed by atoms with Crippen molar-refractivity contribution in [1.29, 1.82) is 0 Å². The van der Waals surface area contributed by atoms with Gasteiger partial charge in [-0.05, 0) is 31.2 Å². The van der Waals surface area contributed by atoms with Gasteiger partial charge in [0, 0.05) is 0 Å². The van der Waals surface area contributed by atoms with Crippen molar-refractivity contribution in [2.24, 2.45) is 0 Å². The maximum absolute atomic E-state index is 12.4. The zero-order chi connectivity index (χ0) is 24.3. The minimum atomic E-state index is -0.945. The lowest BCUT2D eigenvalue weighted by atomic mass is 10.1.